The molecule has 78 heavy (non-hydrogen) atoms. The fraction of sp³-hybridized carbons (Fsp3) is 0.345. The molecule has 0 saturated heterocycles. The number of ether oxygens (including phenoxy) is 2. The van der Waals surface area contributed by atoms with Gasteiger partial charge in [0.2, 0.25) is 11.6 Å². The van der Waals surface area contributed by atoms with Gasteiger partial charge in [-0.25, -0.2) is 18.7 Å². The van der Waals surface area contributed by atoms with Crippen molar-refractivity contribution < 1.29 is 107 Å². The molecule has 0 radical (unpaired) electrons. The topological polar surface area (TPSA) is 159 Å². The Bertz CT molecular complexity index is 2840. The number of hydrogen-bond donors (Lipinski definition) is 0. The Kier molecular flexibility index (Phi) is 30.4. The molecular formula is C58H58Cl4F2N2Na2O8S2. The van der Waals surface area contributed by atoms with Gasteiger partial charge in [-0.05, 0) is 122 Å². The number of ketones is 2. The number of aryl methyl sites for hydroxylation is 2. The molecule has 2 aromatic heterocycles. The molecule has 10 nitrogen and oxygen atoms in total. The summed E-state index contributed by atoms with van der Waals surface area (Å²) in [5.74, 6) is -3.17. The molecular weight excluding hydrogens is 1140 g/mol. The molecule has 0 aliphatic heterocycles. The van der Waals surface area contributed by atoms with E-state index in [2.05, 4.69) is 37.7 Å². The van der Waals surface area contributed by atoms with Crippen LogP contribution in [-0.2, 0) is 31.9 Å². The van der Waals surface area contributed by atoms with Gasteiger partial charge >= 0.3 is 59.1 Å². The first kappa shape index (κ1) is 69.1. The van der Waals surface area contributed by atoms with E-state index < -0.39 is 23.5 Å². The molecule has 6 rings (SSSR count). The summed E-state index contributed by atoms with van der Waals surface area (Å²) in [6, 6.07) is 15.9. The molecule has 0 atom stereocenters. The first-order valence-corrected chi connectivity index (χ1v) is 28.1. The smallest absolute Gasteiger partial charge is 0.545 e. The van der Waals surface area contributed by atoms with Gasteiger partial charge in [0.15, 0.2) is 10.0 Å². The van der Waals surface area contributed by atoms with E-state index in [9.17, 15) is 29.4 Å². The van der Waals surface area contributed by atoms with E-state index in [4.69, 9.17) is 55.9 Å². The maximum atomic E-state index is 15.3. The zero-order chi connectivity index (χ0) is 55.6. The van der Waals surface area contributed by atoms with Gasteiger partial charge < -0.3 is 29.3 Å². The molecule has 0 fully saturated rings. The molecule has 20 heteroatoms. The summed E-state index contributed by atoms with van der Waals surface area (Å²) >= 11 is 27.3. The number of nitrogens with zero attached hydrogens (tertiary/aromatic N) is 2. The van der Waals surface area contributed by atoms with E-state index in [-0.39, 0.29) is 134 Å². The molecule has 2 heterocycles. The van der Waals surface area contributed by atoms with Crippen LogP contribution in [0.2, 0.25) is 20.1 Å². The van der Waals surface area contributed by atoms with Crippen molar-refractivity contribution in [3.63, 3.8) is 0 Å². The van der Waals surface area contributed by atoms with Gasteiger partial charge in [-0.3, -0.25) is 9.59 Å². The van der Waals surface area contributed by atoms with E-state index in [0.29, 0.717) is 84.4 Å². The van der Waals surface area contributed by atoms with Gasteiger partial charge in [0.25, 0.3) is 0 Å². The Morgan fingerprint density at radius 3 is 1.23 bits per heavy atom. The number of carbonyl (C=O) groups excluding carboxylic acids is 4. The van der Waals surface area contributed by atoms with Crippen LogP contribution in [0.25, 0.3) is 34.7 Å². The molecule has 404 valence electrons. The first-order valence-electron chi connectivity index (χ1n) is 24.8. The minimum Gasteiger partial charge on any atom is -0.545 e. The first-order chi connectivity index (χ1) is 36.3. The monoisotopic (exact) mass is 1200 g/mol. The predicted octanol–water partition coefficient (Wildman–Crippen LogP) is 8.06. The number of rotatable bonds is 26. The third-order valence-electron chi connectivity index (χ3n) is 12.6. The van der Waals surface area contributed by atoms with Crippen LogP contribution in [0.1, 0.15) is 133 Å². The van der Waals surface area contributed by atoms with Crippen LogP contribution in [0.5, 0.6) is 0 Å². The fourth-order valence-corrected chi connectivity index (χ4v) is 10.5. The van der Waals surface area contributed by atoms with E-state index >= 15 is 8.78 Å². The van der Waals surface area contributed by atoms with Crippen molar-refractivity contribution in [1.29, 1.82) is 0 Å². The normalized spacial score (nSPS) is 11.5. The molecule has 0 unspecified atom stereocenters. The molecule has 0 N–H and O–H groups in total. The quantitative estimate of drug-likeness (QED) is 0.0225. The molecule has 0 bridgehead atoms. The third-order valence-corrected chi connectivity index (χ3v) is 15.6. The zero-order valence-electron chi connectivity index (χ0n) is 45.0. The van der Waals surface area contributed by atoms with Crippen molar-refractivity contribution in [3.8, 4) is 22.5 Å². The number of carboxylic acid groups (broad SMARTS) is 2. The second-order valence-electron chi connectivity index (χ2n) is 18.0. The second-order valence-corrected chi connectivity index (χ2v) is 21.3. The molecule has 4 aromatic carbocycles. The molecule has 0 saturated carbocycles. The number of carbonyl (C=O) groups is 4. The SMILES string of the molecule is CCC(CC)COCCCc1cccc(-c2csc(C(=O)c3cc(Cl)c(C=C(C)C(=O)[O-])c(Cl)c3)n2)c1F.CCC(CC)COCCCc1cccc(-c2csc(C(=O)c3cc(Cl)c(C=C(C)C(=O)[O-])c(Cl)c3)n2)c1F.[Na+].[Na+]. The number of aliphatic carboxylic acids is 2. The standard InChI is InChI=1S/2C29H30Cl2FNO4S.2Na/c2*1-4-18(5-2)15-37-11-7-9-19-8-6-10-21(26(19)32)25-16-38-28(33-25)27(34)20-13-23(30)22(24(31)14-20)12-17(3)29(35)36;;/h2*6,8,10,12-14,16,18H,4-5,7,9,11,15H2,1-3H3,(H,35,36);;/q;;2*+1/p-2. The number of benzene rings is 4. The van der Waals surface area contributed by atoms with Crippen LogP contribution in [0, 0.1) is 23.5 Å². The summed E-state index contributed by atoms with van der Waals surface area (Å²) in [5.41, 5.74) is 3.32. The minimum absolute atomic E-state index is 0. The molecule has 6 aromatic rings. The number of hydrogen-bond acceptors (Lipinski definition) is 12. The summed E-state index contributed by atoms with van der Waals surface area (Å²) in [5, 5.41) is 26.1. The molecule has 0 aliphatic rings. The summed E-state index contributed by atoms with van der Waals surface area (Å²) in [7, 11) is 0. The number of thiazole rings is 2. The largest absolute Gasteiger partial charge is 1.00 e. The predicted molar refractivity (Wildman–Crippen MR) is 299 cm³/mol. The van der Waals surface area contributed by atoms with E-state index in [1.165, 1.54) is 50.3 Å². The summed E-state index contributed by atoms with van der Waals surface area (Å²) in [4.78, 5) is 57.0. The van der Waals surface area contributed by atoms with Crippen molar-refractivity contribution >= 4 is 105 Å². The van der Waals surface area contributed by atoms with Crippen molar-refractivity contribution in [2.45, 2.75) is 92.9 Å². The number of aromatic nitrogens is 2. The van der Waals surface area contributed by atoms with Gasteiger partial charge in [0.05, 0.1) is 43.4 Å². The van der Waals surface area contributed by atoms with Gasteiger partial charge in [-0.15, -0.1) is 22.7 Å². The Labute approximate surface area is 527 Å². The Morgan fingerprint density at radius 1 is 0.590 bits per heavy atom. The Hall–Kier alpha value is -3.16. The van der Waals surface area contributed by atoms with Crippen LogP contribution < -0.4 is 69.3 Å². The molecule has 0 spiro atoms. The van der Waals surface area contributed by atoms with E-state index in [0.717, 1.165) is 61.6 Å². The van der Waals surface area contributed by atoms with Crippen molar-refractivity contribution in [1.82, 2.24) is 9.97 Å². The maximum Gasteiger partial charge on any atom is 1.00 e. The van der Waals surface area contributed by atoms with Crippen LogP contribution >= 0.6 is 69.1 Å². The van der Waals surface area contributed by atoms with Crippen LogP contribution in [0.4, 0.5) is 8.78 Å². The second kappa shape index (κ2) is 34.3. The van der Waals surface area contributed by atoms with Crippen LogP contribution in [0.3, 0.4) is 0 Å². The number of halogens is 6. The average Bonchev–Trinajstić information content (AvgIpc) is 4.11. The zero-order valence-corrected chi connectivity index (χ0v) is 53.6. The summed E-state index contributed by atoms with van der Waals surface area (Å²) < 4.78 is 42.1. The van der Waals surface area contributed by atoms with E-state index in [1.807, 2.05) is 0 Å². The van der Waals surface area contributed by atoms with Gasteiger partial charge in [0, 0.05) is 70.6 Å². The van der Waals surface area contributed by atoms with Crippen LogP contribution in [-0.4, -0.2) is 59.9 Å². The maximum absolute atomic E-state index is 15.3. The van der Waals surface area contributed by atoms with Gasteiger partial charge in [0.1, 0.15) is 11.6 Å². The molecule has 0 amide bonds. The third kappa shape index (κ3) is 19.5. The average molecular weight is 1200 g/mol. The fourth-order valence-electron chi connectivity index (χ4n) is 7.73. The van der Waals surface area contributed by atoms with Crippen molar-refractivity contribution in [2.75, 3.05) is 26.4 Å². The van der Waals surface area contributed by atoms with Crippen LogP contribution in [0.15, 0.2) is 82.6 Å². The minimum atomic E-state index is -1.35. The van der Waals surface area contributed by atoms with Gasteiger partial charge in [-0.1, -0.05) is 124 Å². The molecule has 0 aliphatic carbocycles. The summed E-state index contributed by atoms with van der Waals surface area (Å²) in [6.07, 6.45) is 9.37. The Balaban J connectivity index is 0.000000400. The number of carboxylic acids is 2. The van der Waals surface area contributed by atoms with Crippen molar-refractivity contribution in [2.24, 2.45) is 11.8 Å². The van der Waals surface area contributed by atoms with Crippen molar-refractivity contribution in [3.05, 3.63) is 158 Å². The Morgan fingerprint density at radius 2 is 0.923 bits per heavy atom. The van der Waals surface area contributed by atoms with Gasteiger partial charge in [-0.2, -0.15) is 0 Å². The van der Waals surface area contributed by atoms with E-state index in [1.54, 1.807) is 47.2 Å². The summed E-state index contributed by atoms with van der Waals surface area (Å²) in [6.45, 7) is 13.9.